The number of carboxylic acid groups (broad SMARTS) is 1. The summed E-state index contributed by atoms with van der Waals surface area (Å²) in [5, 5.41) is 13.9. The Labute approximate surface area is 116 Å². The van der Waals surface area contributed by atoms with E-state index in [1.165, 1.54) is 12.3 Å². The van der Waals surface area contributed by atoms with Crippen LogP contribution in [0.15, 0.2) is 28.2 Å². The van der Waals surface area contributed by atoms with Crippen molar-refractivity contribution in [2.75, 3.05) is 11.1 Å². The molecule has 0 spiro atoms. The topological polar surface area (TPSA) is 88.2 Å². The van der Waals surface area contributed by atoms with E-state index in [4.69, 9.17) is 10.8 Å². The molecule has 2 rings (SSSR count). The lowest BCUT2D eigenvalue weighted by atomic mass is 10.2. The quantitative estimate of drug-likeness (QED) is 0.803. The van der Waals surface area contributed by atoms with Gasteiger partial charge in [0.1, 0.15) is 5.82 Å². The molecule has 0 aliphatic rings. The normalized spacial score (nSPS) is 10.3. The zero-order chi connectivity index (χ0) is 13.1. The fraction of sp³-hybridized carbons (Fsp3) is 0.0909. The third-order valence-corrected chi connectivity index (χ3v) is 3.97. The first-order valence-electron chi connectivity index (χ1n) is 5.02. The van der Waals surface area contributed by atoms with Gasteiger partial charge in [-0.05, 0) is 28.1 Å². The van der Waals surface area contributed by atoms with Crippen molar-refractivity contribution in [2.45, 2.75) is 6.54 Å². The summed E-state index contributed by atoms with van der Waals surface area (Å²) in [4.78, 5) is 16.0. The number of anilines is 2. The number of rotatable bonds is 4. The van der Waals surface area contributed by atoms with Gasteiger partial charge in [0.05, 0.1) is 17.8 Å². The Morgan fingerprint density at radius 2 is 2.39 bits per heavy atom. The second-order valence-electron chi connectivity index (χ2n) is 3.51. The maximum atomic E-state index is 10.9. The number of nitrogens with zero attached hydrogens (tertiary/aromatic N) is 1. The summed E-state index contributed by atoms with van der Waals surface area (Å²) in [6.45, 7) is 0.552. The van der Waals surface area contributed by atoms with Gasteiger partial charge in [0.2, 0.25) is 0 Å². The number of hydrogen-bond acceptors (Lipinski definition) is 5. The number of aromatic nitrogens is 1. The first-order valence-corrected chi connectivity index (χ1v) is 6.69. The second kappa shape index (κ2) is 5.36. The molecule has 0 bridgehead atoms. The highest BCUT2D eigenvalue weighted by Crippen LogP contribution is 2.23. The van der Waals surface area contributed by atoms with Crippen molar-refractivity contribution in [1.29, 1.82) is 0 Å². The Hall–Kier alpha value is -1.60. The van der Waals surface area contributed by atoms with E-state index in [-0.39, 0.29) is 11.3 Å². The molecule has 7 heteroatoms. The van der Waals surface area contributed by atoms with E-state index in [9.17, 15) is 4.79 Å². The standard InChI is InChI=1S/C11H10BrN3O2S/c12-6-3-7(18-5-6)4-15-10-9(13)8(11(16)17)1-2-14-10/h1-3,5H,4,13H2,(H,14,15)(H,16,17). The average molecular weight is 328 g/mol. The average Bonchev–Trinajstić information content (AvgIpc) is 2.73. The van der Waals surface area contributed by atoms with Gasteiger partial charge in [0.15, 0.2) is 0 Å². The Morgan fingerprint density at radius 3 is 3.00 bits per heavy atom. The van der Waals surface area contributed by atoms with E-state index in [0.717, 1.165) is 9.35 Å². The molecule has 0 aliphatic heterocycles. The van der Waals surface area contributed by atoms with Crippen LogP contribution in [0.2, 0.25) is 0 Å². The predicted octanol–water partition coefficient (Wildman–Crippen LogP) is 2.80. The summed E-state index contributed by atoms with van der Waals surface area (Å²) in [6, 6.07) is 3.36. The smallest absolute Gasteiger partial charge is 0.337 e. The molecular weight excluding hydrogens is 318 g/mol. The molecule has 0 unspecified atom stereocenters. The Morgan fingerprint density at radius 1 is 1.61 bits per heavy atom. The van der Waals surface area contributed by atoms with Crippen molar-refractivity contribution in [2.24, 2.45) is 0 Å². The first-order chi connectivity index (χ1) is 8.58. The molecule has 94 valence electrons. The molecule has 0 radical (unpaired) electrons. The Balaban J connectivity index is 2.14. The third-order valence-electron chi connectivity index (χ3n) is 2.27. The lowest BCUT2D eigenvalue weighted by Crippen LogP contribution is -2.08. The number of hydrogen-bond donors (Lipinski definition) is 3. The molecule has 0 saturated heterocycles. The minimum absolute atomic E-state index is 0.0554. The SMILES string of the molecule is Nc1c(C(=O)O)ccnc1NCc1cc(Br)cs1. The van der Waals surface area contributed by atoms with Crippen molar-refractivity contribution < 1.29 is 9.90 Å². The Kier molecular flexibility index (Phi) is 3.83. The molecule has 0 fully saturated rings. The van der Waals surface area contributed by atoms with Crippen LogP contribution in [0.4, 0.5) is 11.5 Å². The van der Waals surface area contributed by atoms with Crippen LogP contribution in [0.5, 0.6) is 0 Å². The van der Waals surface area contributed by atoms with Crippen LogP contribution < -0.4 is 11.1 Å². The summed E-state index contributed by atoms with van der Waals surface area (Å²) in [5.74, 6) is -0.670. The number of aromatic carboxylic acids is 1. The lowest BCUT2D eigenvalue weighted by Gasteiger charge is -2.08. The minimum Gasteiger partial charge on any atom is -0.478 e. The number of halogens is 1. The molecule has 2 aromatic rings. The summed E-state index contributed by atoms with van der Waals surface area (Å²) in [6.07, 6.45) is 1.42. The number of carbonyl (C=O) groups is 1. The van der Waals surface area contributed by atoms with Gasteiger partial charge in [-0.2, -0.15) is 0 Å². The number of nitrogens with two attached hydrogens (primary N) is 1. The molecule has 0 atom stereocenters. The van der Waals surface area contributed by atoms with Gasteiger partial charge in [-0.25, -0.2) is 9.78 Å². The van der Waals surface area contributed by atoms with Gasteiger partial charge < -0.3 is 16.2 Å². The van der Waals surface area contributed by atoms with Crippen LogP contribution in [0.1, 0.15) is 15.2 Å². The van der Waals surface area contributed by atoms with Gasteiger partial charge >= 0.3 is 5.97 Å². The van der Waals surface area contributed by atoms with Gasteiger partial charge in [0.25, 0.3) is 0 Å². The molecule has 2 aromatic heterocycles. The number of carboxylic acids is 1. The van der Waals surface area contributed by atoms with E-state index in [1.807, 2.05) is 11.4 Å². The molecule has 2 heterocycles. The second-order valence-corrected chi connectivity index (χ2v) is 5.42. The molecular formula is C11H10BrN3O2S. The third kappa shape index (κ3) is 2.80. The Bertz CT molecular complexity index is 585. The van der Waals surface area contributed by atoms with Crippen LogP contribution in [-0.2, 0) is 6.54 Å². The number of nitrogen functional groups attached to an aromatic ring is 1. The molecule has 4 N–H and O–H groups in total. The summed E-state index contributed by atoms with van der Waals surface area (Å²) >= 11 is 4.96. The van der Waals surface area contributed by atoms with Crippen molar-refractivity contribution in [3.63, 3.8) is 0 Å². The van der Waals surface area contributed by atoms with E-state index in [2.05, 4.69) is 26.2 Å². The molecule has 0 amide bonds. The van der Waals surface area contributed by atoms with Crippen LogP contribution in [0.3, 0.4) is 0 Å². The maximum Gasteiger partial charge on any atom is 0.337 e. The number of thiophene rings is 1. The van der Waals surface area contributed by atoms with E-state index >= 15 is 0 Å². The highest BCUT2D eigenvalue weighted by molar-refractivity contribution is 9.10. The van der Waals surface area contributed by atoms with Gasteiger partial charge in [-0.15, -0.1) is 11.3 Å². The van der Waals surface area contributed by atoms with Crippen molar-refractivity contribution in [3.8, 4) is 0 Å². The van der Waals surface area contributed by atoms with Crippen LogP contribution >= 0.6 is 27.3 Å². The monoisotopic (exact) mass is 327 g/mol. The van der Waals surface area contributed by atoms with Gasteiger partial charge in [-0.1, -0.05) is 0 Å². The van der Waals surface area contributed by atoms with Crippen LogP contribution in [0, 0.1) is 0 Å². The zero-order valence-electron chi connectivity index (χ0n) is 9.18. The summed E-state index contributed by atoms with van der Waals surface area (Å²) < 4.78 is 1.02. The summed E-state index contributed by atoms with van der Waals surface area (Å²) in [5.41, 5.74) is 5.95. The molecule has 18 heavy (non-hydrogen) atoms. The van der Waals surface area contributed by atoms with Crippen LogP contribution in [0.25, 0.3) is 0 Å². The largest absolute Gasteiger partial charge is 0.478 e. The fourth-order valence-corrected chi connectivity index (χ4v) is 2.81. The maximum absolute atomic E-state index is 10.9. The fourth-order valence-electron chi connectivity index (χ4n) is 1.42. The zero-order valence-corrected chi connectivity index (χ0v) is 11.6. The van der Waals surface area contributed by atoms with Crippen molar-refractivity contribution >= 4 is 44.7 Å². The number of nitrogens with one attached hydrogen (secondary N) is 1. The van der Waals surface area contributed by atoms with Gasteiger partial charge in [0, 0.05) is 20.9 Å². The first kappa shape index (κ1) is 12.8. The van der Waals surface area contributed by atoms with Gasteiger partial charge in [-0.3, -0.25) is 0 Å². The summed E-state index contributed by atoms with van der Waals surface area (Å²) in [7, 11) is 0. The van der Waals surface area contributed by atoms with Crippen molar-refractivity contribution in [1.82, 2.24) is 4.98 Å². The van der Waals surface area contributed by atoms with E-state index < -0.39 is 5.97 Å². The van der Waals surface area contributed by atoms with Crippen LogP contribution in [-0.4, -0.2) is 16.1 Å². The molecule has 0 saturated carbocycles. The lowest BCUT2D eigenvalue weighted by molar-refractivity contribution is 0.0698. The number of pyridine rings is 1. The van der Waals surface area contributed by atoms with E-state index in [1.54, 1.807) is 11.3 Å². The highest BCUT2D eigenvalue weighted by atomic mass is 79.9. The van der Waals surface area contributed by atoms with Crippen molar-refractivity contribution in [3.05, 3.63) is 38.6 Å². The molecule has 5 nitrogen and oxygen atoms in total. The van der Waals surface area contributed by atoms with E-state index in [0.29, 0.717) is 12.4 Å². The predicted molar refractivity (Wildman–Crippen MR) is 75.0 cm³/mol. The molecule has 0 aromatic carbocycles. The minimum atomic E-state index is -1.06. The molecule has 0 aliphatic carbocycles. The highest BCUT2D eigenvalue weighted by Gasteiger charge is 2.12.